The predicted molar refractivity (Wildman–Crippen MR) is 72.6 cm³/mol. The summed E-state index contributed by atoms with van der Waals surface area (Å²) in [6, 6.07) is 2.77. The first-order valence-electron chi connectivity index (χ1n) is 6.47. The number of methoxy groups -OCH3 is 2. The first-order chi connectivity index (χ1) is 10.5. The van der Waals surface area contributed by atoms with E-state index < -0.39 is 30.0 Å². The number of carbonyl (C=O) groups is 1. The van der Waals surface area contributed by atoms with Crippen molar-refractivity contribution in [2.24, 2.45) is 5.92 Å². The van der Waals surface area contributed by atoms with E-state index in [1.165, 1.54) is 31.4 Å². The maximum atomic E-state index is 13.8. The van der Waals surface area contributed by atoms with Gasteiger partial charge < -0.3 is 14.8 Å². The molecule has 0 spiro atoms. The number of alkyl halides is 5. The molecule has 1 rings (SSSR count). The van der Waals surface area contributed by atoms with Gasteiger partial charge in [-0.2, -0.15) is 22.0 Å². The molecule has 0 fully saturated rings. The van der Waals surface area contributed by atoms with Crippen LogP contribution in [0.2, 0.25) is 0 Å². The second kappa shape index (κ2) is 7.01. The molecule has 1 aromatic carbocycles. The molecule has 1 aromatic rings. The molecule has 0 aliphatic rings. The number of ether oxygens (including phenoxy) is 2. The van der Waals surface area contributed by atoms with E-state index in [1.807, 2.05) is 0 Å². The zero-order valence-corrected chi connectivity index (χ0v) is 12.6. The first-order valence-corrected chi connectivity index (χ1v) is 6.47. The van der Waals surface area contributed by atoms with Crippen molar-refractivity contribution in [3.05, 3.63) is 24.3 Å². The molecule has 4 nitrogen and oxygen atoms in total. The van der Waals surface area contributed by atoms with E-state index in [1.54, 1.807) is 0 Å². The van der Waals surface area contributed by atoms with Crippen LogP contribution in [0, 0.1) is 5.92 Å². The molecule has 0 saturated heterocycles. The number of hydrogen-bond acceptors (Lipinski definition) is 4. The van der Waals surface area contributed by atoms with Crippen LogP contribution in [-0.2, 0) is 9.53 Å². The summed E-state index contributed by atoms with van der Waals surface area (Å²) in [5.41, 5.74) is -0.0181. The van der Waals surface area contributed by atoms with Crippen LogP contribution in [0.1, 0.15) is 6.92 Å². The highest BCUT2D eigenvalue weighted by molar-refractivity contribution is 5.73. The van der Waals surface area contributed by atoms with Gasteiger partial charge in [0.2, 0.25) is 0 Å². The zero-order chi connectivity index (χ0) is 17.8. The van der Waals surface area contributed by atoms with Crippen LogP contribution in [-0.4, -0.2) is 38.3 Å². The van der Waals surface area contributed by atoms with Crippen molar-refractivity contribution in [2.75, 3.05) is 19.5 Å². The third kappa shape index (κ3) is 4.23. The van der Waals surface area contributed by atoms with Gasteiger partial charge in [-0.25, -0.2) is 0 Å². The second-order valence-electron chi connectivity index (χ2n) is 4.78. The number of carbonyl (C=O) groups excluding carboxylic acids is 1. The topological polar surface area (TPSA) is 47.6 Å². The Bertz CT molecular complexity index is 530. The standard InChI is InChI=1S/C14H16F5NO3/c1-8(12(21)23-3)11(13(15,16)14(17,18)19)20-9-4-6-10(22-2)7-5-9/h4-8,11,20H,1-3H3/t8-,11+/m1/s1. The van der Waals surface area contributed by atoms with Crippen LogP contribution in [0.15, 0.2) is 24.3 Å². The van der Waals surface area contributed by atoms with Crippen molar-refractivity contribution < 1.29 is 36.2 Å². The summed E-state index contributed by atoms with van der Waals surface area (Å²) in [6.45, 7) is 0.937. The van der Waals surface area contributed by atoms with E-state index in [4.69, 9.17) is 4.74 Å². The van der Waals surface area contributed by atoms with Crippen LogP contribution in [0.4, 0.5) is 27.6 Å². The summed E-state index contributed by atoms with van der Waals surface area (Å²) in [4.78, 5) is 11.4. The third-order valence-corrected chi connectivity index (χ3v) is 3.25. The Labute approximate surface area is 129 Å². The van der Waals surface area contributed by atoms with Crippen LogP contribution in [0.5, 0.6) is 5.75 Å². The Kier molecular flexibility index (Phi) is 5.79. The van der Waals surface area contributed by atoms with Gasteiger partial charge in [-0.15, -0.1) is 0 Å². The molecule has 1 N–H and O–H groups in total. The van der Waals surface area contributed by atoms with Gasteiger partial charge in [0.25, 0.3) is 0 Å². The summed E-state index contributed by atoms with van der Waals surface area (Å²) in [5, 5.41) is 2.07. The van der Waals surface area contributed by atoms with E-state index in [0.717, 1.165) is 14.0 Å². The molecular formula is C14H16F5NO3. The second-order valence-corrected chi connectivity index (χ2v) is 4.78. The average Bonchev–Trinajstić information content (AvgIpc) is 2.50. The number of rotatable bonds is 6. The average molecular weight is 341 g/mol. The molecule has 0 saturated carbocycles. The minimum Gasteiger partial charge on any atom is -0.497 e. The number of hydrogen-bond donors (Lipinski definition) is 1. The van der Waals surface area contributed by atoms with E-state index in [0.29, 0.717) is 5.75 Å². The van der Waals surface area contributed by atoms with E-state index in [9.17, 15) is 26.7 Å². The highest BCUT2D eigenvalue weighted by atomic mass is 19.4. The molecule has 0 amide bonds. The molecular weight excluding hydrogens is 325 g/mol. The number of benzene rings is 1. The van der Waals surface area contributed by atoms with Crippen molar-refractivity contribution in [1.82, 2.24) is 0 Å². The van der Waals surface area contributed by atoms with Crippen molar-refractivity contribution in [1.29, 1.82) is 0 Å². The van der Waals surface area contributed by atoms with Gasteiger partial charge in [0.05, 0.1) is 20.1 Å². The van der Waals surface area contributed by atoms with E-state index >= 15 is 0 Å². The molecule has 0 heterocycles. The van der Waals surface area contributed by atoms with Crippen molar-refractivity contribution >= 4 is 11.7 Å². The van der Waals surface area contributed by atoms with Crippen molar-refractivity contribution in [3.63, 3.8) is 0 Å². The largest absolute Gasteiger partial charge is 0.497 e. The van der Waals surface area contributed by atoms with Gasteiger partial charge in [0.1, 0.15) is 11.8 Å². The summed E-state index contributed by atoms with van der Waals surface area (Å²) < 4.78 is 74.7. The van der Waals surface area contributed by atoms with Gasteiger partial charge in [-0.1, -0.05) is 0 Å². The Hall–Kier alpha value is -2.06. The monoisotopic (exact) mass is 341 g/mol. The summed E-state index contributed by atoms with van der Waals surface area (Å²) in [6.07, 6.45) is -5.82. The Morgan fingerprint density at radius 2 is 1.61 bits per heavy atom. The molecule has 0 aliphatic carbocycles. The van der Waals surface area contributed by atoms with Crippen LogP contribution in [0.25, 0.3) is 0 Å². The molecule has 9 heteroatoms. The molecule has 23 heavy (non-hydrogen) atoms. The quantitative estimate of drug-likeness (QED) is 0.636. The van der Waals surface area contributed by atoms with E-state index in [-0.39, 0.29) is 5.69 Å². The van der Waals surface area contributed by atoms with Gasteiger partial charge in [0, 0.05) is 5.69 Å². The third-order valence-electron chi connectivity index (χ3n) is 3.25. The summed E-state index contributed by atoms with van der Waals surface area (Å²) in [7, 11) is 2.29. The van der Waals surface area contributed by atoms with Gasteiger partial charge in [-0.3, -0.25) is 4.79 Å². The maximum Gasteiger partial charge on any atom is 0.455 e. The molecule has 0 aliphatic heterocycles. The van der Waals surface area contributed by atoms with Crippen LogP contribution in [0.3, 0.4) is 0 Å². The fraction of sp³-hybridized carbons (Fsp3) is 0.500. The lowest BCUT2D eigenvalue weighted by Gasteiger charge is -2.32. The minimum atomic E-state index is -5.82. The summed E-state index contributed by atoms with van der Waals surface area (Å²) >= 11 is 0. The predicted octanol–water partition coefficient (Wildman–Crippen LogP) is 3.48. The minimum absolute atomic E-state index is 0.0181. The zero-order valence-electron chi connectivity index (χ0n) is 12.6. The molecule has 0 radical (unpaired) electrons. The number of esters is 1. The SMILES string of the molecule is COC(=O)[C@H](C)[C@H](Nc1ccc(OC)cc1)C(F)(F)C(F)(F)F. The van der Waals surface area contributed by atoms with Crippen molar-refractivity contribution in [3.8, 4) is 5.75 Å². The molecule has 130 valence electrons. The number of halogens is 5. The number of anilines is 1. The first kappa shape index (κ1) is 19.0. The lowest BCUT2D eigenvalue weighted by molar-refractivity contribution is -0.290. The van der Waals surface area contributed by atoms with Gasteiger partial charge in [0.15, 0.2) is 0 Å². The van der Waals surface area contributed by atoms with Crippen LogP contribution >= 0.6 is 0 Å². The van der Waals surface area contributed by atoms with Crippen LogP contribution < -0.4 is 10.1 Å². The Morgan fingerprint density at radius 1 is 1.09 bits per heavy atom. The fourth-order valence-corrected chi connectivity index (χ4v) is 1.89. The van der Waals surface area contributed by atoms with Gasteiger partial charge >= 0.3 is 18.1 Å². The van der Waals surface area contributed by atoms with Crippen molar-refractivity contribution in [2.45, 2.75) is 25.1 Å². The van der Waals surface area contributed by atoms with E-state index in [2.05, 4.69) is 10.1 Å². The van der Waals surface area contributed by atoms with Gasteiger partial charge in [-0.05, 0) is 31.2 Å². The maximum absolute atomic E-state index is 13.8. The highest BCUT2D eigenvalue weighted by Gasteiger charge is 2.64. The molecule has 0 bridgehead atoms. The molecule has 0 aromatic heterocycles. The highest BCUT2D eigenvalue weighted by Crippen LogP contribution is 2.41. The number of nitrogens with one attached hydrogen (secondary N) is 1. The lowest BCUT2D eigenvalue weighted by atomic mass is 9.95. The molecule has 2 atom stereocenters. The summed E-state index contributed by atoms with van der Waals surface area (Å²) in [5.74, 6) is -7.66. The Morgan fingerprint density at radius 3 is 2.00 bits per heavy atom. The smallest absolute Gasteiger partial charge is 0.455 e. The lowest BCUT2D eigenvalue weighted by Crippen LogP contribution is -2.55. The fourth-order valence-electron chi connectivity index (χ4n) is 1.89. The molecule has 0 unspecified atom stereocenters. The Balaban J connectivity index is 3.15. The normalized spacial score (nSPS) is 14.8.